The number of phenols is 1. The molecule has 0 aliphatic rings. The summed E-state index contributed by atoms with van der Waals surface area (Å²) in [7, 11) is 0. The van der Waals surface area contributed by atoms with E-state index in [1.165, 1.54) is 4.70 Å². The molecule has 0 saturated carbocycles. The van der Waals surface area contributed by atoms with Gasteiger partial charge in [-0.15, -0.1) is 23.1 Å². The zero-order valence-electron chi connectivity index (χ0n) is 6.87. The van der Waals surface area contributed by atoms with Gasteiger partial charge in [0.1, 0.15) is 5.75 Å². The van der Waals surface area contributed by atoms with Gasteiger partial charge in [-0.25, -0.2) is 0 Å². The van der Waals surface area contributed by atoms with Crippen LogP contribution in [-0.2, 0) is 0 Å². The molecule has 1 N–H and O–H groups in total. The van der Waals surface area contributed by atoms with Crippen molar-refractivity contribution in [1.82, 2.24) is 0 Å². The number of phenolic OH excluding ortho intramolecular Hbond substituents is 1. The summed E-state index contributed by atoms with van der Waals surface area (Å²) in [5.41, 5.74) is 0. The predicted molar refractivity (Wildman–Crippen MR) is 63.0 cm³/mol. The molecule has 1 nitrogen and oxygen atoms in total. The lowest BCUT2D eigenvalue weighted by Crippen LogP contribution is -1.70. The summed E-state index contributed by atoms with van der Waals surface area (Å²) in [6.07, 6.45) is 2.02. The van der Waals surface area contributed by atoms with Gasteiger partial charge in [0.15, 0.2) is 0 Å². The Morgan fingerprint density at radius 2 is 2.15 bits per heavy atom. The maximum absolute atomic E-state index is 9.43. The second kappa shape index (κ2) is 3.52. The second-order valence-electron chi connectivity index (χ2n) is 2.62. The molecule has 2 rings (SSSR count). The van der Waals surface area contributed by atoms with Crippen molar-refractivity contribution < 1.29 is 5.11 Å². The van der Waals surface area contributed by atoms with Crippen molar-refractivity contribution in [2.75, 3.05) is 6.26 Å². The number of aromatic hydroxyl groups is 1. The number of hydrogen-bond acceptors (Lipinski definition) is 3. The largest absolute Gasteiger partial charge is 0.508 e. The van der Waals surface area contributed by atoms with Crippen LogP contribution < -0.4 is 0 Å². The van der Waals surface area contributed by atoms with Crippen LogP contribution in [0.5, 0.6) is 5.75 Å². The highest BCUT2D eigenvalue weighted by molar-refractivity contribution is 9.11. The van der Waals surface area contributed by atoms with Crippen molar-refractivity contribution >= 4 is 49.1 Å². The van der Waals surface area contributed by atoms with Gasteiger partial charge in [0.2, 0.25) is 0 Å². The van der Waals surface area contributed by atoms with Crippen LogP contribution in [0.1, 0.15) is 0 Å². The Morgan fingerprint density at radius 3 is 2.85 bits per heavy atom. The molecule has 1 aromatic heterocycles. The number of rotatable bonds is 1. The van der Waals surface area contributed by atoms with Crippen molar-refractivity contribution in [2.45, 2.75) is 4.90 Å². The fourth-order valence-electron chi connectivity index (χ4n) is 1.23. The third kappa shape index (κ3) is 1.71. The topological polar surface area (TPSA) is 20.2 Å². The molecule has 0 aliphatic heterocycles. The minimum Gasteiger partial charge on any atom is -0.508 e. The van der Waals surface area contributed by atoms with Gasteiger partial charge in [0.25, 0.3) is 0 Å². The third-order valence-electron chi connectivity index (χ3n) is 1.76. The summed E-state index contributed by atoms with van der Waals surface area (Å²) in [6, 6.07) is 5.62. The van der Waals surface area contributed by atoms with Crippen LogP contribution in [0.2, 0.25) is 0 Å². The maximum Gasteiger partial charge on any atom is 0.117 e. The normalized spacial score (nSPS) is 10.9. The van der Waals surface area contributed by atoms with Gasteiger partial charge in [0.05, 0.1) is 3.79 Å². The predicted octanol–water partition coefficient (Wildman–Crippen LogP) is 4.09. The summed E-state index contributed by atoms with van der Waals surface area (Å²) in [5, 5.41) is 10.5. The third-order valence-corrected chi connectivity index (χ3v) is 4.33. The van der Waals surface area contributed by atoms with Gasteiger partial charge in [-0.1, -0.05) is 0 Å². The zero-order valence-corrected chi connectivity index (χ0v) is 10.1. The molecule has 0 spiro atoms. The minimum atomic E-state index is 0.335. The summed E-state index contributed by atoms with van der Waals surface area (Å²) < 4.78 is 2.33. The Hall–Kier alpha value is -0.190. The molecule has 2 aromatic rings. The molecule has 68 valence electrons. The van der Waals surface area contributed by atoms with Crippen LogP contribution in [0.15, 0.2) is 26.9 Å². The van der Waals surface area contributed by atoms with E-state index in [9.17, 15) is 5.11 Å². The first kappa shape index (κ1) is 9.37. The number of hydrogen-bond donors (Lipinski definition) is 1. The molecule has 0 aliphatic carbocycles. The van der Waals surface area contributed by atoms with Crippen molar-refractivity contribution in [3.05, 3.63) is 22.0 Å². The zero-order chi connectivity index (χ0) is 9.42. The van der Waals surface area contributed by atoms with E-state index in [1.807, 2.05) is 12.3 Å². The van der Waals surface area contributed by atoms with E-state index in [-0.39, 0.29) is 0 Å². The summed E-state index contributed by atoms with van der Waals surface area (Å²) in [5.74, 6) is 0.335. The Morgan fingerprint density at radius 1 is 1.38 bits per heavy atom. The highest BCUT2D eigenvalue weighted by Gasteiger charge is 2.06. The first-order valence-corrected chi connectivity index (χ1v) is 6.50. The van der Waals surface area contributed by atoms with Crippen LogP contribution in [0.25, 0.3) is 10.1 Å². The smallest absolute Gasteiger partial charge is 0.117 e. The quantitative estimate of drug-likeness (QED) is 0.791. The van der Waals surface area contributed by atoms with E-state index in [0.717, 1.165) is 14.1 Å². The van der Waals surface area contributed by atoms with E-state index in [1.54, 1.807) is 35.2 Å². The van der Waals surface area contributed by atoms with Crippen LogP contribution in [0.3, 0.4) is 0 Å². The summed E-state index contributed by atoms with van der Waals surface area (Å²) in [4.78, 5) is 1.13. The molecular formula is C9H7BrOS2. The monoisotopic (exact) mass is 274 g/mol. The summed E-state index contributed by atoms with van der Waals surface area (Å²) >= 11 is 6.79. The standard InChI is InChI=1S/C9H7BrOS2/c1-12-7-4-6(11)2-5-3-8(10)13-9(5)7/h2-4,11H,1H3. The Labute approximate surface area is 92.9 Å². The van der Waals surface area contributed by atoms with Crippen LogP contribution in [-0.4, -0.2) is 11.4 Å². The minimum absolute atomic E-state index is 0.335. The fourth-order valence-corrected chi connectivity index (χ4v) is 3.65. The molecule has 0 fully saturated rings. The second-order valence-corrected chi connectivity index (χ2v) is 5.90. The van der Waals surface area contributed by atoms with Crippen molar-refractivity contribution in [2.24, 2.45) is 0 Å². The first-order chi connectivity index (χ1) is 6.20. The average Bonchev–Trinajstić information content (AvgIpc) is 2.43. The molecule has 1 aromatic carbocycles. The number of thioether (sulfide) groups is 1. The SMILES string of the molecule is CSc1cc(O)cc2cc(Br)sc12. The molecule has 0 amide bonds. The molecule has 0 atom stereocenters. The van der Waals surface area contributed by atoms with Crippen LogP contribution >= 0.6 is 39.0 Å². The van der Waals surface area contributed by atoms with Gasteiger partial charge in [0, 0.05) is 9.60 Å². The molecule has 0 saturated heterocycles. The number of halogens is 1. The lowest BCUT2D eigenvalue weighted by Gasteiger charge is -1.99. The molecule has 1 heterocycles. The molecule has 4 heteroatoms. The van der Waals surface area contributed by atoms with Gasteiger partial charge >= 0.3 is 0 Å². The first-order valence-electron chi connectivity index (χ1n) is 3.67. The molecule has 13 heavy (non-hydrogen) atoms. The van der Waals surface area contributed by atoms with E-state index < -0.39 is 0 Å². The Bertz CT molecular complexity index is 450. The van der Waals surface area contributed by atoms with Crippen molar-refractivity contribution in [1.29, 1.82) is 0 Å². The van der Waals surface area contributed by atoms with Gasteiger partial charge in [-0.2, -0.15) is 0 Å². The number of fused-ring (bicyclic) bond motifs is 1. The van der Waals surface area contributed by atoms with Crippen LogP contribution in [0.4, 0.5) is 0 Å². The highest BCUT2D eigenvalue weighted by atomic mass is 79.9. The number of thiophene rings is 1. The maximum atomic E-state index is 9.43. The van der Waals surface area contributed by atoms with E-state index in [4.69, 9.17) is 0 Å². The van der Waals surface area contributed by atoms with E-state index >= 15 is 0 Å². The van der Waals surface area contributed by atoms with Gasteiger partial charge < -0.3 is 5.11 Å². The fraction of sp³-hybridized carbons (Fsp3) is 0.111. The molecular weight excluding hydrogens is 268 g/mol. The lowest BCUT2D eigenvalue weighted by molar-refractivity contribution is 0.475. The average molecular weight is 275 g/mol. The molecule has 0 bridgehead atoms. The van der Waals surface area contributed by atoms with Crippen molar-refractivity contribution in [3.63, 3.8) is 0 Å². The Kier molecular flexibility index (Phi) is 2.53. The Balaban J connectivity index is 2.80. The number of benzene rings is 1. The van der Waals surface area contributed by atoms with E-state index in [2.05, 4.69) is 15.9 Å². The summed E-state index contributed by atoms with van der Waals surface area (Å²) in [6.45, 7) is 0. The van der Waals surface area contributed by atoms with Crippen LogP contribution in [0, 0.1) is 0 Å². The van der Waals surface area contributed by atoms with Gasteiger partial charge in [-0.3, -0.25) is 0 Å². The van der Waals surface area contributed by atoms with Crippen molar-refractivity contribution in [3.8, 4) is 5.75 Å². The van der Waals surface area contributed by atoms with E-state index in [0.29, 0.717) is 5.75 Å². The lowest BCUT2D eigenvalue weighted by atomic mass is 10.2. The van der Waals surface area contributed by atoms with Gasteiger partial charge in [-0.05, 0) is 45.8 Å². The molecule has 0 radical (unpaired) electrons. The highest BCUT2D eigenvalue weighted by Crippen LogP contribution is 2.38. The molecule has 0 unspecified atom stereocenters.